The first-order chi connectivity index (χ1) is 13.1. The largest absolute Gasteiger partial charge is 0.492 e. The molecule has 2 heterocycles. The van der Waals surface area contributed by atoms with E-state index in [1.165, 1.54) is 0 Å². The molecule has 0 bridgehead atoms. The molecule has 2 aromatic rings. The first kappa shape index (κ1) is 19.7. The van der Waals surface area contributed by atoms with Crippen LogP contribution in [0.15, 0.2) is 30.5 Å². The Morgan fingerprint density at radius 2 is 2.11 bits per heavy atom. The van der Waals surface area contributed by atoms with Gasteiger partial charge in [0.1, 0.15) is 17.4 Å². The highest BCUT2D eigenvalue weighted by Gasteiger charge is 2.16. The molecular weight excluding hydrogens is 366 g/mol. The van der Waals surface area contributed by atoms with Crippen molar-refractivity contribution in [3.8, 4) is 5.75 Å². The SMILES string of the molecule is CN(C)CCOc1ccc(Nc2ncc(Cl)c(NCC3CCCO3)n2)cc1. The molecule has 0 amide bonds. The summed E-state index contributed by atoms with van der Waals surface area (Å²) >= 11 is 6.20. The summed E-state index contributed by atoms with van der Waals surface area (Å²) in [5.74, 6) is 1.92. The van der Waals surface area contributed by atoms with Gasteiger partial charge in [0.15, 0.2) is 5.82 Å². The fraction of sp³-hybridized carbons (Fsp3) is 0.474. The summed E-state index contributed by atoms with van der Waals surface area (Å²) in [5.41, 5.74) is 0.877. The first-order valence-electron chi connectivity index (χ1n) is 9.13. The Kier molecular flexibility index (Phi) is 7.09. The lowest BCUT2D eigenvalue weighted by molar-refractivity contribution is 0.120. The predicted molar refractivity (Wildman–Crippen MR) is 108 cm³/mol. The van der Waals surface area contributed by atoms with E-state index in [2.05, 4.69) is 25.5 Å². The summed E-state index contributed by atoms with van der Waals surface area (Å²) < 4.78 is 11.3. The van der Waals surface area contributed by atoms with E-state index in [0.29, 0.717) is 29.9 Å². The van der Waals surface area contributed by atoms with Crippen LogP contribution in [0.25, 0.3) is 0 Å². The van der Waals surface area contributed by atoms with E-state index < -0.39 is 0 Å². The molecule has 7 nitrogen and oxygen atoms in total. The average molecular weight is 392 g/mol. The average Bonchev–Trinajstić information content (AvgIpc) is 3.17. The molecule has 8 heteroatoms. The number of rotatable bonds is 9. The molecule has 3 rings (SSSR count). The van der Waals surface area contributed by atoms with Gasteiger partial charge in [0.05, 0.1) is 12.3 Å². The van der Waals surface area contributed by atoms with Gasteiger partial charge in [0.2, 0.25) is 5.95 Å². The highest BCUT2D eigenvalue weighted by Crippen LogP contribution is 2.23. The molecule has 1 aliphatic heterocycles. The van der Waals surface area contributed by atoms with E-state index >= 15 is 0 Å². The molecular formula is C19H26ClN5O2. The van der Waals surface area contributed by atoms with Crippen molar-refractivity contribution in [3.63, 3.8) is 0 Å². The van der Waals surface area contributed by atoms with Gasteiger partial charge in [-0.3, -0.25) is 0 Å². The number of nitrogens with one attached hydrogen (secondary N) is 2. The van der Waals surface area contributed by atoms with Gasteiger partial charge in [-0.15, -0.1) is 0 Å². The highest BCUT2D eigenvalue weighted by molar-refractivity contribution is 6.32. The molecule has 1 fully saturated rings. The summed E-state index contributed by atoms with van der Waals surface area (Å²) in [6, 6.07) is 7.71. The van der Waals surface area contributed by atoms with E-state index in [9.17, 15) is 0 Å². The number of halogens is 1. The van der Waals surface area contributed by atoms with Gasteiger partial charge in [-0.25, -0.2) is 4.98 Å². The first-order valence-corrected chi connectivity index (χ1v) is 9.50. The van der Waals surface area contributed by atoms with Gasteiger partial charge in [-0.1, -0.05) is 11.6 Å². The van der Waals surface area contributed by atoms with Crippen LogP contribution in [0, 0.1) is 0 Å². The third-order valence-corrected chi connectivity index (χ3v) is 4.46. The molecule has 1 unspecified atom stereocenters. The van der Waals surface area contributed by atoms with Crippen molar-refractivity contribution in [1.29, 1.82) is 0 Å². The second-order valence-corrected chi connectivity index (χ2v) is 7.11. The normalized spacial score (nSPS) is 16.5. The summed E-state index contributed by atoms with van der Waals surface area (Å²) in [4.78, 5) is 10.8. The van der Waals surface area contributed by atoms with E-state index in [1.54, 1.807) is 6.20 Å². The Morgan fingerprint density at radius 1 is 1.30 bits per heavy atom. The van der Waals surface area contributed by atoms with Crippen LogP contribution in [0.5, 0.6) is 5.75 Å². The number of nitrogens with zero attached hydrogens (tertiary/aromatic N) is 3. The maximum Gasteiger partial charge on any atom is 0.229 e. The van der Waals surface area contributed by atoms with Crippen molar-refractivity contribution in [1.82, 2.24) is 14.9 Å². The van der Waals surface area contributed by atoms with Gasteiger partial charge in [-0.05, 0) is 51.2 Å². The van der Waals surface area contributed by atoms with Crippen LogP contribution in [-0.2, 0) is 4.74 Å². The molecule has 146 valence electrons. The van der Waals surface area contributed by atoms with Crippen LogP contribution in [0.1, 0.15) is 12.8 Å². The van der Waals surface area contributed by atoms with Gasteiger partial charge in [0, 0.05) is 25.4 Å². The minimum absolute atomic E-state index is 0.215. The van der Waals surface area contributed by atoms with Crippen molar-refractivity contribution >= 4 is 29.1 Å². The molecule has 1 aromatic carbocycles. The summed E-state index contributed by atoms with van der Waals surface area (Å²) in [5, 5.41) is 6.92. The van der Waals surface area contributed by atoms with Crippen molar-refractivity contribution < 1.29 is 9.47 Å². The second-order valence-electron chi connectivity index (χ2n) is 6.71. The molecule has 2 N–H and O–H groups in total. The lowest BCUT2D eigenvalue weighted by Crippen LogP contribution is -2.19. The Balaban J connectivity index is 1.55. The number of anilines is 3. The zero-order valence-electron chi connectivity index (χ0n) is 15.7. The number of hydrogen-bond acceptors (Lipinski definition) is 7. The third-order valence-electron chi connectivity index (χ3n) is 4.18. The van der Waals surface area contributed by atoms with Crippen molar-refractivity contribution in [2.75, 3.05) is 51.0 Å². The van der Waals surface area contributed by atoms with Crippen LogP contribution in [0.3, 0.4) is 0 Å². The number of hydrogen-bond donors (Lipinski definition) is 2. The molecule has 1 aliphatic rings. The standard InChI is InChI=1S/C19H26ClN5O2/c1-25(2)9-11-27-15-7-5-14(6-8-15)23-19-22-13-17(20)18(24-19)21-12-16-4-3-10-26-16/h5-8,13,16H,3-4,9-12H2,1-2H3,(H2,21,22,23,24). The molecule has 1 saturated heterocycles. The van der Waals surface area contributed by atoms with E-state index in [4.69, 9.17) is 21.1 Å². The van der Waals surface area contributed by atoms with Gasteiger partial charge < -0.3 is 25.0 Å². The Labute approximate surface area is 165 Å². The summed E-state index contributed by atoms with van der Waals surface area (Å²) in [6.07, 6.45) is 3.97. The number of aromatic nitrogens is 2. The molecule has 27 heavy (non-hydrogen) atoms. The molecule has 1 aromatic heterocycles. The van der Waals surface area contributed by atoms with Gasteiger partial charge in [-0.2, -0.15) is 4.98 Å². The molecule has 1 atom stereocenters. The fourth-order valence-electron chi connectivity index (χ4n) is 2.68. The van der Waals surface area contributed by atoms with Crippen molar-refractivity contribution in [3.05, 3.63) is 35.5 Å². The molecule has 0 aliphatic carbocycles. The lowest BCUT2D eigenvalue weighted by atomic mass is 10.2. The van der Waals surface area contributed by atoms with Gasteiger partial charge in [0.25, 0.3) is 0 Å². The molecule has 0 radical (unpaired) electrons. The number of likely N-dealkylation sites (N-methyl/N-ethyl adjacent to an activating group) is 1. The Morgan fingerprint density at radius 3 is 2.81 bits per heavy atom. The lowest BCUT2D eigenvalue weighted by Gasteiger charge is -2.13. The van der Waals surface area contributed by atoms with Crippen molar-refractivity contribution in [2.24, 2.45) is 0 Å². The van der Waals surface area contributed by atoms with Crippen LogP contribution in [0.4, 0.5) is 17.5 Å². The zero-order valence-corrected chi connectivity index (χ0v) is 16.5. The highest BCUT2D eigenvalue weighted by atomic mass is 35.5. The topological polar surface area (TPSA) is 71.5 Å². The Hall–Kier alpha value is -2.09. The van der Waals surface area contributed by atoms with Crippen molar-refractivity contribution in [2.45, 2.75) is 18.9 Å². The van der Waals surface area contributed by atoms with Gasteiger partial charge >= 0.3 is 0 Å². The smallest absolute Gasteiger partial charge is 0.229 e. The second kappa shape index (κ2) is 9.73. The Bertz CT molecular complexity index is 721. The van der Waals surface area contributed by atoms with E-state index in [-0.39, 0.29) is 6.10 Å². The van der Waals surface area contributed by atoms with Crippen LogP contribution in [-0.4, -0.2) is 61.4 Å². The minimum atomic E-state index is 0.215. The number of ether oxygens (including phenoxy) is 2. The summed E-state index contributed by atoms with van der Waals surface area (Å²) in [6.45, 7) is 3.04. The number of benzene rings is 1. The quantitative estimate of drug-likeness (QED) is 0.678. The zero-order chi connectivity index (χ0) is 19.1. The van der Waals surface area contributed by atoms with Crippen LogP contribution < -0.4 is 15.4 Å². The summed E-state index contributed by atoms with van der Waals surface area (Å²) in [7, 11) is 4.04. The maximum absolute atomic E-state index is 6.20. The fourth-order valence-corrected chi connectivity index (χ4v) is 2.83. The predicted octanol–water partition coefficient (Wildman–Crippen LogP) is 3.40. The third kappa shape index (κ3) is 6.23. The molecule has 0 saturated carbocycles. The maximum atomic E-state index is 6.20. The monoisotopic (exact) mass is 391 g/mol. The van der Waals surface area contributed by atoms with E-state index in [0.717, 1.165) is 37.4 Å². The minimum Gasteiger partial charge on any atom is -0.492 e. The molecule has 0 spiro atoms. The van der Waals surface area contributed by atoms with E-state index in [1.807, 2.05) is 38.4 Å². The van der Waals surface area contributed by atoms with Crippen LogP contribution in [0.2, 0.25) is 5.02 Å². The van der Waals surface area contributed by atoms with Crippen LogP contribution >= 0.6 is 11.6 Å².